The Morgan fingerprint density at radius 2 is 2.28 bits per heavy atom. The molecule has 98 valence electrons. The lowest BCUT2D eigenvalue weighted by Gasteiger charge is -2.11. The number of nitrogens with zero attached hydrogens (tertiary/aromatic N) is 1. The van der Waals surface area contributed by atoms with Gasteiger partial charge in [0, 0.05) is 18.2 Å². The van der Waals surface area contributed by atoms with Crippen molar-refractivity contribution in [3.8, 4) is 5.88 Å². The Balaban J connectivity index is 2.09. The van der Waals surface area contributed by atoms with Crippen LogP contribution >= 0.6 is 0 Å². The van der Waals surface area contributed by atoms with E-state index in [1.165, 1.54) is 18.4 Å². The summed E-state index contributed by atoms with van der Waals surface area (Å²) in [6.45, 7) is 2.26. The average Bonchev–Trinajstić information content (AvgIpc) is 3.20. The molecule has 0 spiro atoms. The minimum atomic E-state index is -0.143. The second-order valence-corrected chi connectivity index (χ2v) is 4.47. The zero-order chi connectivity index (χ0) is 13.0. The minimum absolute atomic E-state index is 0.143. The van der Waals surface area contributed by atoms with E-state index in [0.29, 0.717) is 31.2 Å². The van der Waals surface area contributed by atoms with Crippen LogP contribution < -0.4 is 4.74 Å². The molecule has 4 heteroatoms. The molecular weight excluding hydrogens is 230 g/mol. The summed E-state index contributed by atoms with van der Waals surface area (Å²) in [7, 11) is 1.64. The highest BCUT2D eigenvalue weighted by molar-refractivity contribution is 5.69. The molecule has 1 fully saturated rings. The largest absolute Gasteiger partial charge is 0.481 e. The lowest BCUT2D eigenvalue weighted by molar-refractivity contribution is -0.143. The summed E-state index contributed by atoms with van der Waals surface area (Å²) in [6.07, 6.45) is 5.23. The van der Waals surface area contributed by atoms with Gasteiger partial charge in [-0.1, -0.05) is 0 Å². The number of aryl methyl sites for hydroxylation is 1. The number of carbonyl (C=O) groups is 1. The molecule has 0 saturated heterocycles. The molecule has 1 saturated carbocycles. The van der Waals surface area contributed by atoms with Gasteiger partial charge in [0.2, 0.25) is 5.88 Å². The van der Waals surface area contributed by atoms with E-state index in [1.54, 1.807) is 13.3 Å². The number of rotatable bonds is 6. The second-order valence-electron chi connectivity index (χ2n) is 4.47. The van der Waals surface area contributed by atoms with Crippen LogP contribution in [-0.4, -0.2) is 24.7 Å². The molecule has 0 amide bonds. The number of hydrogen-bond donors (Lipinski definition) is 0. The molecule has 0 atom stereocenters. The van der Waals surface area contributed by atoms with E-state index in [9.17, 15) is 4.79 Å². The fourth-order valence-electron chi connectivity index (χ4n) is 2.15. The van der Waals surface area contributed by atoms with Gasteiger partial charge in [-0.3, -0.25) is 4.79 Å². The van der Waals surface area contributed by atoms with E-state index in [1.807, 2.05) is 13.0 Å². The van der Waals surface area contributed by atoms with Crippen LogP contribution in [0.15, 0.2) is 12.3 Å². The molecule has 0 aromatic carbocycles. The molecular formula is C14H19NO3. The van der Waals surface area contributed by atoms with E-state index in [4.69, 9.17) is 9.47 Å². The molecule has 2 rings (SSSR count). The molecule has 0 unspecified atom stereocenters. The van der Waals surface area contributed by atoms with Gasteiger partial charge in [-0.05, 0) is 43.7 Å². The summed E-state index contributed by atoms with van der Waals surface area (Å²) in [4.78, 5) is 15.6. The molecule has 0 N–H and O–H groups in total. The molecule has 0 radical (unpaired) electrons. The topological polar surface area (TPSA) is 48.4 Å². The van der Waals surface area contributed by atoms with Crippen LogP contribution in [0, 0.1) is 0 Å². The van der Waals surface area contributed by atoms with Crippen LogP contribution in [0.3, 0.4) is 0 Å². The Bertz CT molecular complexity index is 427. The highest BCUT2D eigenvalue weighted by Gasteiger charge is 2.30. The maximum Gasteiger partial charge on any atom is 0.306 e. The molecule has 1 aromatic heterocycles. The Kier molecular flexibility index (Phi) is 4.18. The van der Waals surface area contributed by atoms with E-state index in [0.717, 1.165) is 5.56 Å². The number of pyridine rings is 1. The maximum atomic E-state index is 11.4. The third kappa shape index (κ3) is 3.00. The van der Waals surface area contributed by atoms with Crippen LogP contribution in [0.2, 0.25) is 0 Å². The first-order valence-electron chi connectivity index (χ1n) is 6.43. The number of carbonyl (C=O) groups excluding carboxylic acids is 1. The third-order valence-electron chi connectivity index (χ3n) is 3.13. The average molecular weight is 249 g/mol. The van der Waals surface area contributed by atoms with Crippen molar-refractivity contribution in [3.63, 3.8) is 0 Å². The van der Waals surface area contributed by atoms with Crippen molar-refractivity contribution in [2.24, 2.45) is 0 Å². The summed E-state index contributed by atoms with van der Waals surface area (Å²) < 4.78 is 10.3. The number of esters is 1. The van der Waals surface area contributed by atoms with Gasteiger partial charge in [0.25, 0.3) is 0 Å². The molecule has 1 aliphatic carbocycles. The smallest absolute Gasteiger partial charge is 0.306 e. The number of hydrogen-bond acceptors (Lipinski definition) is 4. The summed E-state index contributed by atoms with van der Waals surface area (Å²) >= 11 is 0. The Hall–Kier alpha value is -1.58. The van der Waals surface area contributed by atoms with Gasteiger partial charge >= 0.3 is 5.97 Å². The van der Waals surface area contributed by atoms with Gasteiger partial charge in [0.1, 0.15) is 0 Å². The quantitative estimate of drug-likeness (QED) is 0.727. The predicted octanol–water partition coefficient (Wildman–Crippen LogP) is 2.46. The molecule has 18 heavy (non-hydrogen) atoms. The van der Waals surface area contributed by atoms with Crippen molar-refractivity contribution < 1.29 is 14.3 Å². The first-order valence-corrected chi connectivity index (χ1v) is 6.43. The molecule has 4 nitrogen and oxygen atoms in total. The fourth-order valence-corrected chi connectivity index (χ4v) is 2.15. The van der Waals surface area contributed by atoms with E-state index in [2.05, 4.69) is 4.98 Å². The first kappa shape index (κ1) is 12.9. The van der Waals surface area contributed by atoms with Crippen LogP contribution in [0.5, 0.6) is 5.88 Å². The van der Waals surface area contributed by atoms with Crippen LogP contribution in [0.25, 0.3) is 0 Å². The molecule has 0 bridgehead atoms. The van der Waals surface area contributed by atoms with Crippen LogP contribution in [0.1, 0.15) is 43.2 Å². The number of aromatic nitrogens is 1. The normalized spacial score (nSPS) is 14.3. The van der Waals surface area contributed by atoms with E-state index < -0.39 is 0 Å². The van der Waals surface area contributed by atoms with Gasteiger partial charge in [-0.15, -0.1) is 0 Å². The Morgan fingerprint density at radius 1 is 1.50 bits per heavy atom. The van der Waals surface area contributed by atoms with E-state index >= 15 is 0 Å². The summed E-state index contributed by atoms with van der Waals surface area (Å²) in [5.74, 6) is 1.12. The lowest BCUT2D eigenvalue weighted by atomic mass is 10.0. The molecule has 1 heterocycles. The first-order chi connectivity index (χ1) is 8.76. The summed E-state index contributed by atoms with van der Waals surface area (Å²) in [5, 5.41) is 0. The molecule has 1 aliphatic rings. The van der Waals surface area contributed by atoms with Crippen molar-refractivity contribution in [1.29, 1.82) is 0 Å². The minimum Gasteiger partial charge on any atom is -0.481 e. The SMILES string of the molecule is CCOC(=O)CCc1ccnc(OC)c1C1CC1. The lowest BCUT2D eigenvalue weighted by Crippen LogP contribution is -2.07. The van der Waals surface area contributed by atoms with E-state index in [-0.39, 0.29) is 5.97 Å². The molecule has 0 aliphatic heterocycles. The van der Waals surface area contributed by atoms with Crippen molar-refractivity contribution in [3.05, 3.63) is 23.4 Å². The number of methoxy groups -OCH3 is 1. The van der Waals surface area contributed by atoms with Gasteiger partial charge in [0.15, 0.2) is 0 Å². The standard InChI is InChI=1S/C14H19NO3/c1-3-18-12(16)7-6-11-8-9-15-14(17-2)13(11)10-4-5-10/h8-10H,3-7H2,1-2H3. The fraction of sp³-hybridized carbons (Fsp3) is 0.571. The van der Waals surface area contributed by atoms with Gasteiger partial charge in [0.05, 0.1) is 13.7 Å². The molecule has 1 aromatic rings. The monoisotopic (exact) mass is 249 g/mol. The predicted molar refractivity (Wildman–Crippen MR) is 67.7 cm³/mol. The Morgan fingerprint density at radius 3 is 2.89 bits per heavy atom. The third-order valence-corrected chi connectivity index (χ3v) is 3.13. The van der Waals surface area contributed by atoms with Crippen LogP contribution in [-0.2, 0) is 16.0 Å². The van der Waals surface area contributed by atoms with Gasteiger partial charge in [-0.2, -0.15) is 0 Å². The Labute approximate surface area is 107 Å². The van der Waals surface area contributed by atoms with Crippen molar-refractivity contribution in [2.75, 3.05) is 13.7 Å². The zero-order valence-corrected chi connectivity index (χ0v) is 10.9. The highest BCUT2D eigenvalue weighted by atomic mass is 16.5. The van der Waals surface area contributed by atoms with Crippen molar-refractivity contribution in [1.82, 2.24) is 4.98 Å². The summed E-state index contributed by atoms with van der Waals surface area (Å²) in [6, 6.07) is 1.98. The van der Waals surface area contributed by atoms with Crippen molar-refractivity contribution in [2.45, 2.75) is 38.5 Å². The number of ether oxygens (including phenoxy) is 2. The van der Waals surface area contributed by atoms with Gasteiger partial charge in [-0.25, -0.2) is 4.98 Å². The highest BCUT2D eigenvalue weighted by Crippen LogP contribution is 2.45. The summed E-state index contributed by atoms with van der Waals surface area (Å²) in [5.41, 5.74) is 2.35. The second kappa shape index (κ2) is 5.85. The van der Waals surface area contributed by atoms with Crippen LogP contribution in [0.4, 0.5) is 0 Å². The maximum absolute atomic E-state index is 11.4. The zero-order valence-electron chi connectivity index (χ0n) is 10.9. The van der Waals surface area contributed by atoms with Gasteiger partial charge < -0.3 is 9.47 Å². The van der Waals surface area contributed by atoms with Crippen molar-refractivity contribution >= 4 is 5.97 Å².